The van der Waals surface area contributed by atoms with Crippen molar-refractivity contribution in [2.45, 2.75) is 17.4 Å². The van der Waals surface area contributed by atoms with Crippen LogP contribution in [-0.4, -0.2) is 47.0 Å². The number of hydrogen-bond acceptors (Lipinski definition) is 5. The van der Waals surface area contributed by atoms with Gasteiger partial charge in [-0.25, -0.2) is 13.2 Å². The molecule has 2 heterocycles. The lowest BCUT2D eigenvalue weighted by Crippen LogP contribution is -2.35. The summed E-state index contributed by atoms with van der Waals surface area (Å²) in [6.07, 6.45) is 0.480. The van der Waals surface area contributed by atoms with E-state index >= 15 is 0 Å². The van der Waals surface area contributed by atoms with Crippen molar-refractivity contribution in [2.75, 3.05) is 13.1 Å². The van der Waals surface area contributed by atoms with Gasteiger partial charge in [-0.05, 0) is 6.42 Å². The molecule has 1 aromatic rings. The first-order valence-electron chi connectivity index (χ1n) is 4.91. The van der Waals surface area contributed by atoms with Crippen LogP contribution in [0, 0.1) is 0 Å². The molecule has 0 spiro atoms. The molecule has 17 heavy (non-hydrogen) atoms. The Balaban J connectivity index is 2.45. The molecule has 1 fully saturated rings. The van der Waals surface area contributed by atoms with Gasteiger partial charge in [0.1, 0.15) is 0 Å². The van der Waals surface area contributed by atoms with Crippen LogP contribution in [0.5, 0.6) is 0 Å². The molecule has 2 rings (SSSR count). The van der Waals surface area contributed by atoms with Gasteiger partial charge in [0.25, 0.3) is 5.56 Å². The van der Waals surface area contributed by atoms with Crippen molar-refractivity contribution < 1.29 is 13.5 Å². The second-order valence-corrected chi connectivity index (χ2v) is 5.65. The second-order valence-electron chi connectivity index (χ2n) is 3.74. The molecule has 8 nitrogen and oxygen atoms in total. The van der Waals surface area contributed by atoms with Gasteiger partial charge in [-0.15, -0.1) is 0 Å². The molecule has 94 valence electrons. The van der Waals surface area contributed by atoms with E-state index in [-0.39, 0.29) is 13.1 Å². The monoisotopic (exact) mass is 261 g/mol. The van der Waals surface area contributed by atoms with Gasteiger partial charge in [-0.2, -0.15) is 4.31 Å². The molecule has 9 heteroatoms. The van der Waals surface area contributed by atoms with E-state index in [0.29, 0.717) is 6.42 Å². The number of rotatable bonds is 2. The second kappa shape index (κ2) is 4.09. The average molecular weight is 261 g/mol. The first kappa shape index (κ1) is 12.0. The summed E-state index contributed by atoms with van der Waals surface area (Å²) in [5, 5.41) is 9.27. The molecule has 0 bridgehead atoms. The Labute approximate surface area is 96.0 Å². The van der Waals surface area contributed by atoms with E-state index in [9.17, 15) is 23.1 Å². The van der Waals surface area contributed by atoms with Gasteiger partial charge in [-0.3, -0.25) is 9.78 Å². The molecule has 0 saturated carbocycles. The normalized spacial score (nSPS) is 21.8. The van der Waals surface area contributed by atoms with Crippen molar-refractivity contribution in [3.05, 3.63) is 27.0 Å². The van der Waals surface area contributed by atoms with Gasteiger partial charge < -0.3 is 10.1 Å². The smallest absolute Gasteiger partial charge is 0.325 e. The van der Waals surface area contributed by atoms with Crippen molar-refractivity contribution >= 4 is 10.0 Å². The Bertz CT molecular complexity index is 631. The number of nitrogens with one attached hydrogen (secondary N) is 2. The van der Waals surface area contributed by atoms with Crippen molar-refractivity contribution in [1.82, 2.24) is 14.3 Å². The predicted octanol–water partition coefficient (Wildman–Crippen LogP) is -2.18. The number of β-amino-alcohol motifs (C(OH)–C–C–N with tert-alkyl or cyclic N) is 1. The van der Waals surface area contributed by atoms with Crippen LogP contribution in [0.4, 0.5) is 0 Å². The van der Waals surface area contributed by atoms with Gasteiger partial charge in [0.15, 0.2) is 4.90 Å². The lowest BCUT2D eigenvalue weighted by molar-refractivity contribution is 0.189. The minimum absolute atomic E-state index is 0.0408. The molecule has 1 aliphatic rings. The van der Waals surface area contributed by atoms with Crippen LogP contribution in [-0.2, 0) is 10.0 Å². The van der Waals surface area contributed by atoms with Gasteiger partial charge >= 0.3 is 5.69 Å². The fourth-order valence-electron chi connectivity index (χ4n) is 1.66. The van der Waals surface area contributed by atoms with Crippen molar-refractivity contribution in [2.24, 2.45) is 0 Å². The van der Waals surface area contributed by atoms with Gasteiger partial charge in [0.05, 0.1) is 6.10 Å². The molecule has 1 saturated heterocycles. The largest absolute Gasteiger partial charge is 0.392 e. The van der Waals surface area contributed by atoms with Crippen LogP contribution >= 0.6 is 0 Å². The zero-order chi connectivity index (χ0) is 12.6. The van der Waals surface area contributed by atoms with Gasteiger partial charge in [0.2, 0.25) is 10.0 Å². The van der Waals surface area contributed by atoms with E-state index in [4.69, 9.17) is 0 Å². The summed E-state index contributed by atoms with van der Waals surface area (Å²) in [4.78, 5) is 25.6. The van der Waals surface area contributed by atoms with E-state index in [1.165, 1.54) is 0 Å². The number of H-pyrrole nitrogens is 2. The topological polar surface area (TPSA) is 123 Å². The van der Waals surface area contributed by atoms with Crippen LogP contribution in [0.25, 0.3) is 0 Å². The molecule has 1 aromatic heterocycles. The molecule has 0 aromatic carbocycles. The third-order valence-electron chi connectivity index (χ3n) is 2.53. The highest BCUT2D eigenvalue weighted by molar-refractivity contribution is 7.89. The third-order valence-corrected chi connectivity index (χ3v) is 4.40. The Kier molecular flexibility index (Phi) is 2.89. The maximum atomic E-state index is 12.0. The zero-order valence-electron chi connectivity index (χ0n) is 8.71. The standard InChI is InChI=1S/C8H11N3O5S/c12-5-1-2-11(4-5)17(15,16)6-3-9-8(14)10-7(6)13/h3,5,12H,1-2,4H2,(H2,9,10,13,14). The first-order valence-corrected chi connectivity index (χ1v) is 6.35. The Morgan fingerprint density at radius 1 is 1.41 bits per heavy atom. The summed E-state index contributed by atoms with van der Waals surface area (Å²) in [7, 11) is -3.96. The van der Waals surface area contributed by atoms with E-state index in [0.717, 1.165) is 10.5 Å². The van der Waals surface area contributed by atoms with E-state index in [1.54, 1.807) is 0 Å². The molecule has 1 aliphatic heterocycles. The number of aromatic amines is 2. The summed E-state index contributed by atoms with van der Waals surface area (Å²) in [5.41, 5.74) is -1.73. The molecule has 0 aliphatic carbocycles. The number of aliphatic hydroxyl groups is 1. The molecule has 1 atom stereocenters. The highest BCUT2D eigenvalue weighted by Gasteiger charge is 2.33. The first-order chi connectivity index (χ1) is 7.91. The van der Waals surface area contributed by atoms with Crippen LogP contribution in [0.3, 0.4) is 0 Å². The maximum Gasteiger partial charge on any atom is 0.325 e. The van der Waals surface area contributed by atoms with E-state index in [1.807, 2.05) is 4.98 Å². The Hall–Kier alpha value is -1.45. The summed E-state index contributed by atoms with van der Waals surface area (Å²) in [5.74, 6) is 0. The third kappa shape index (κ3) is 2.16. The van der Waals surface area contributed by atoms with Gasteiger partial charge in [0, 0.05) is 19.3 Å². The fraction of sp³-hybridized carbons (Fsp3) is 0.500. The molecule has 1 unspecified atom stereocenters. The summed E-state index contributed by atoms with van der Waals surface area (Å²) < 4.78 is 25.0. The number of aromatic nitrogens is 2. The summed E-state index contributed by atoms with van der Waals surface area (Å²) in [6, 6.07) is 0. The number of sulfonamides is 1. The van der Waals surface area contributed by atoms with Gasteiger partial charge in [-0.1, -0.05) is 0 Å². The van der Waals surface area contributed by atoms with Crippen LogP contribution in [0.1, 0.15) is 6.42 Å². The number of aliphatic hydroxyl groups excluding tert-OH is 1. The average Bonchev–Trinajstić information content (AvgIpc) is 2.64. The summed E-state index contributed by atoms with van der Waals surface area (Å²) in [6.45, 7) is 0.114. The minimum Gasteiger partial charge on any atom is -0.392 e. The quantitative estimate of drug-likeness (QED) is 0.558. The van der Waals surface area contributed by atoms with E-state index < -0.39 is 32.3 Å². The van der Waals surface area contributed by atoms with Crippen molar-refractivity contribution in [3.8, 4) is 0 Å². The summed E-state index contributed by atoms with van der Waals surface area (Å²) >= 11 is 0. The molecular formula is C8H11N3O5S. The number of hydrogen-bond donors (Lipinski definition) is 3. The van der Waals surface area contributed by atoms with Crippen molar-refractivity contribution in [1.29, 1.82) is 0 Å². The van der Waals surface area contributed by atoms with Crippen LogP contribution in [0.2, 0.25) is 0 Å². The lowest BCUT2D eigenvalue weighted by Gasteiger charge is -2.14. The highest BCUT2D eigenvalue weighted by atomic mass is 32.2. The Morgan fingerprint density at radius 3 is 2.65 bits per heavy atom. The predicted molar refractivity (Wildman–Crippen MR) is 57.1 cm³/mol. The molecular weight excluding hydrogens is 250 g/mol. The highest BCUT2D eigenvalue weighted by Crippen LogP contribution is 2.17. The van der Waals surface area contributed by atoms with Crippen LogP contribution < -0.4 is 11.2 Å². The van der Waals surface area contributed by atoms with Crippen molar-refractivity contribution in [3.63, 3.8) is 0 Å². The van der Waals surface area contributed by atoms with Crippen LogP contribution in [0.15, 0.2) is 20.7 Å². The fourth-order valence-corrected chi connectivity index (χ4v) is 3.14. The number of nitrogens with zero attached hydrogens (tertiary/aromatic N) is 1. The maximum absolute atomic E-state index is 12.0. The SMILES string of the molecule is O=c1[nH]cc(S(=O)(=O)N2CCC(O)C2)c(=O)[nH]1. The molecule has 0 radical (unpaired) electrons. The minimum atomic E-state index is -3.96. The zero-order valence-corrected chi connectivity index (χ0v) is 9.53. The van der Waals surface area contributed by atoms with E-state index in [2.05, 4.69) is 4.98 Å². The lowest BCUT2D eigenvalue weighted by atomic mass is 10.3. The molecule has 3 N–H and O–H groups in total. The Morgan fingerprint density at radius 2 is 2.12 bits per heavy atom. The molecule has 0 amide bonds.